The van der Waals surface area contributed by atoms with Gasteiger partial charge in [-0.25, -0.2) is 0 Å². The molecule has 0 aromatic heterocycles. The van der Waals surface area contributed by atoms with Crippen molar-refractivity contribution < 1.29 is 8.42 Å². The summed E-state index contributed by atoms with van der Waals surface area (Å²) in [7, 11) is -3.51. The van der Waals surface area contributed by atoms with E-state index >= 15 is 0 Å². The van der Waals surface area contributed by atoms with E-state index in [-0.39, 0.29) is 6.04 Å². The van der Waals surface area contributed by atoms with Gasteiger partial charge in [0.15, 0.2) is 5.84 Å². The molecule has 2 heterocycles. The molecule has 0 amide bonds. The normalized spacial score (nSPS) is 26.1. The lowest BCUT2D eigenvalue weighted by Gasteiger charge is -2.19. The highest BCUT2D eigenvalue weighted by Gasteiger charge is 2.35. The molecular formula is C13H17N3O2S. The molecular weight excluding hydrogens is 262 g/mol. The Kier molecular flexibility index (Phi) is 2.87. The summed E-state index contributed by atoms with van der Waals surface area (Å²) in [4.78, 5) is 2.35. The van der Waals surface area contributed by atoms with E-state index < -0.39 is 10.0 Å². The fraction of sp³-hybridized carbons (Fsp3) is 0.462. The van der Waals surface area contributed by atoms with E-state index in [1.165, 1.54) is 0 Å². The molecule has 102 valence electrons. The van der Waals surface area contributed by atoms with Gasteiger partial charge in [0, 0.05) is 24.7 Å². The van der Waals surface area contributed by atoms with E-state index in [1.807, 2.05) is 24.0 Å². The first-order chi connectivity index (χ1) is 8.99. The molecule has 0 radical (unpaired) electrons. The van der Waals surface area contributed by atoms with Crippen molar-refractivity contribution in [3.05, 3.63) is 29.8 Å². The molecule has 19 heavy (non-hydrogen) atoms. The molecule has 0 saturated carbocycles. The molecule has 1 aromatic rings. The number of hydrogen-bond donors (Lipinski definition) is 1. The van der Waals surface area contributed by atoms with Crippen molar-refractivity contribution in [3.8, 4) is 0 Å². The lowest BCUT2D eigenvalue weighted by molar-refractivity contribution is 0.436. The third kappa shape index (κ3) is 2.04. The van der Waals surface area contributed by atoms with Crippen molar-refractivity contribution in [1.82, 2.24) is 4.90 Å². The molecule has 0 bridgehead atoms. The van der Waals surface area contributed by atoms with Gasteiger partial charge in [-0.1, -0.05) is 12.1 Å². The molecule has 2 N–H and O–H groups in total. The first-order valence-corrected chi connectivity index (χ1v) is 7.88. The van der Waals surface area contributed by atoms with E-state index in [0.717, 1.165) is 19.5 Å². The summed E-state index contributed by atoms with van der Waals surface area (Å²) in [6.45, 7) is 3.59. The van der Waals surface area contributed by atoms with Crippen LogP contribution in [0.25, 0.3) is 0 Å². The summed E-state index contributed by atoms with van der Waals surface area (Å²) in [5.41, 5.74) is 6.64. The smallest absolute Gasteiger partial charge is 0.285 e. The van der Waals surface area contributed by atoms with Gasteiger partial charge in [0.25, 0.3) is 10.0 Å². The first-order valence-electron chi connectivity index (χ1n) is 6.44. The van der Waals surface area contributed by atoms with Crippen LogP contribution in [0, 0.1) is 5.92 Å². The number of benzene rings is 1. The van der Waals surface area contributed by atoms with Crippen LogP contribution >= 0.6 is 0 Å². The second-order valence-corrected chi connectivity index (χ2v) is 6.81. The Balaban J connectivity index is 1.96. The topological polar surface area (TPSA) is 75.8 Å². The molecule has 1 saturated heterocycles. The van der Waals surface area contributed by atoms with E-state index in [2.05, 4.69) is 4.40 Å². The Labute approximate surface area is 113 Å². The molecule has 0 spiro atoms. The van der Waals surface area contributed by atoms with Crippen LogP contribution in [-0.2, 0) is 10.0 Å². The van der Waals surface area contributed by atoms with Crippen molar-refractivity contribution in [3.63, 3.8) is 0 Å². The number of fused-ring (bicyclic) bond motifs is 1. The van der Waals surface area contributed by atoms with Crippen LogP contribution in [0.1, 0.15) is 18.9 Å². The van der Waals surface area contributed by atoms with Gasteiger partial charge in [-0.3, -0.25) is 0 Å². The number of sulfonamides is 1. The number of nitrogens with zero attached hydrogens (tertiary/aromatic N) is 2. The average Bonchev–Trinajstić information content (AvgIpc) is 2.94. The average molecular weight is 279 g/mol. The molecule has 2 aliphatic rings. The van der Waals surface area contributed by atoms with Gasteiger partial charge in [-0.15, -0.1) is 4.40 Å². The number of likely N-dealkylation sites (tertiary alicyclic amines) is 1. The minimum Gasteiger partial charge on any atom is -0.355 e. The first kappa shape index (κ1) is 12.6. The van der Waals surface area contributed by atoms with Crippen molar-refractivity contribution >= 4 is 15.9 Å². The Morgan fingerprint density at radius 3 is 2.84 bits per heavy atom. The fourth-order valence-corrected chi connectivity index (χ4v) is 3.95. The highest BCUT2D eigenvalue weighted by atomic mass is 32.2. The van der Waals surface area contributed by atoms with Gasteiger partial charge in [-0.05, 0) is 31.4 Å². The zero-order chi connectivity index (χ0) is 13.6. The van der Waals surface area contributed by atoms with Crippen LogP contribution < -0.4 is 5.73 Å². The standard InChI is InChI=1S/C13H17N3O2S/c1-9(14)10-6-7-16(8-10)13-11-4-2-3-5-12(11)19(17,18)15-13/h2-5,9-10H,6-8,14H2,1H3. The van der Waals surface area contributed by atoms with Crippen LogP contribution in [0.4, 0.5) is 0 Å². The summed E-state index contributed by atoms with van der Waals surface area (Å²) < 4.78 is 27.9. The number of hydrogen-bond acceptors (Lipinski definition) is 4. The van der Waals surface area contributed by atoms with Crippen LogP contribution in [0.15, 0.2) is 33.6 Å². The molecule has 2 aliphatic heterocycles. The number of amidine groups is 1. The highest BCUT2D eigenvalue weighted by molar-refractivity contribution is 7.90. The third-order valence-electron chi connectivity index (χ3n) is 3.88. The van der Waals surface area contributed by atoms with Gasteiger partial charge in [0.2, 0.25) is 0 Å². The quantitative estimate of drug-likeness (QED) is 0.825. The maximum Gasteiger partial charge on any atom is 0.285 e. The summed E-state index contributed by atoms with van der Waals surface area (Å²) in [6, 6.07) is 7.12. The second-order valence-electron chi connectivity index (χ2n) is 5.24. The van der Waals surface area contributed by atoms with E-state index in [9.17, 15) is 8.42 Å². The van der Waals surface area contributed by atoms with Crippen LogP contribution in [0.3, 0.4) is 0 Å². The highest BCUT2D eigenvalue weighted by Crippen LogP contribution is 2.30. The zero-order valence-electron chi connectivity index (χ0n) is 10.8. The summed E-state index contributed by atoms with van der Waals surface area (Å²) in [6.07, 6.45) is 0.985. The van der Waals surface area contributed by atoms with Gasteiger partial charge < -0.3 is 10.6 Å². The van der Waals surface area contributed by atoms with Crippen molar-refractivity contribution in [2.24, 2.45) is 16.0 Å². The van der Waals surface area contributed by atoms with Gasteiger partial charge in [0.1, 0.15) is 4.90 Å². The SMILES string of the molecule is CC(N)C1CCN(C2=NS(=O)(=O)c3ccccc32)C1. The van der Waals surface area contributed by atoms with E-state index in [4.69, 9.17) is 5.73 Å². The minimum absolute atomic E-state index is 0.124. The molecule has 1 aromatic carbocycles. The number of rotatable bonds is 1. The largest absolute Gasteiger partial charge is 0.355 e. The zero-order valence-corrected chi connectivity index (χ0v) is 11.6. The minimum atomic E-state index is -3.51. The Hall–Kier alpha value is -1.40. The van der Waals surface area contributed by atoms with Crippen molar-refractivity contribution in [1.29, 1.82) is 0 Å². The lowest BCUT2D eigenvalue weighted by Crippen LogP contribution is -2.32. The van der Waals surface area contributed by atoms with E-state index in [0.29, 0.717) is 22.2 Å². The number of nitrogens with two attached hydrogens (primary N) is 1. The Bertz CT molecular complexity index is 637. The van der Waals surface area contributed by atoms with Crippen LogP contribution in [-0.4, -0.2) is 38.3 Å². The van der Waals surface area contributed by atoms with Crippen LogP contribution in [0.5, 0.6) is 0 Å². The molecule has 0 aliphatic carbocycles. The molecule has 3 rings (SSSR count). The van der Waals surface area contributed by atoms with Crippen molar-refractivity contribution in [2.75, 3.05) is 13.1 Å². The maximum absolute atomic E-state index is 12.0. The molecule has 5 nitrogen and oxygen atoms in total. The summed E-state index contributed by atoms with van der Waals surface area (Å²) in [5, 5.41) is 0. The fourth-order valence-electron chi connectivity index (χ4n) is 2.73. The van der Waals surface area contributed by atoms with Crippen LogP contribution in [0.2, 0.25) is 0 Å². The lowest BCUT2D eigenvalue weighted by atomic mass is 10.0. The molecule has 2 unspecified atom stereocenters. The molecule has 6 heteroatoms. The summed E-state index contributed by atoms with van der Waals surface area (Å²) in [5.74, 6) is 0.983. The Morgan fingerprint density at radius 2 is 2.16 bits per heavy atom. The van der Waals surface area contributed by atoms with Crippen molar-refractivity contribution in [2.45, 2.75) is 24.3 Å². The molecule has 1 fully saturated rings. The van der Waals surface area contributed by atoms with Gasteiger partial charge >= 0.3 is 0 Å². The second kappa shape index (κ2) is 4.31. The third-order valence-corrected chi connectivity index (χ3v) is 5.21. The summed E-state index contributed by atoms with van der Waals surface area (Å²) >= 11 is 0. The predicted molar refractivity (Wildman–Crippen MR) is 73.5 cm³/mol. The molecule has 2 atom stereocenters. The predicted octanol–water partition coefficient (Wildman–Crippen LogP) is 0.805. The van der Waals surface area contributed by atoms with Gasteiger partial charge in [0.05, 0.1) is 0 Å². The van der Waals surface area contributed by atoms with Gasteiger partial charge in [-0.2, -0.15) is 8.42 Å². The van der Waals surface area contributed by atoms with E-state index in [1.54, 1.807) is 12.1 Å². The Morgan fingerprint density at radius 1 is 1.42 bits per heavy atom. The maximum atomic E-state index is 12.0. The monoisotopic (exact) mass is 279 g/mol.